The first-order valence-electron chi connectivity index (χ1n) is 4.75. The van der Waals surface area contributed by atoms with Crippen LogP contribution in [0.25, 0.3) is 0 Å². The molecule has 0 aromatic heterocycles. The summed E-state index contributed by atoms with van der Waals surface area (Å²) < 4.78 is 17.6. The van der Waals surface area contributed by atoms with E-state index in [0.29, 0.717) is 13.0 Å². The lowest BCUT2D eigenvalue weighted by atomic mass is 9.97. The zero-order valence-corrected chi connectivity index (χ0v) is 8.02. The third kappa shape index (κ3) is 2.53. The average molecular weight is 210 g/mol. The molecule has 1 aliphatic rings. The van der Waals surface area contributed by atoms with E-state index in [1.165, 1.54) is 12.1 Å². The Morgan fingerprint density at radius 3 is 2.60 bits per heavy atom. The van der Waals surface area contributed by atoms with Crippen molar-refractivity contribution in [1.82, 2.24) is 0 Å². The van der Waals surface area contributed by atoms with Crippen LogP contribution in [-0.2, 0) is 16.0 Å². The molecule has 80 valence electrons. The Kier molecular flexibility index (Phi) is 2.68. The highest BCUT2D eigenvalue weighted by molar-refractivity contribution is 5.71. The summed E-state index contributed by atoms with van der Waals surface area (Å²) >= 11 is 0. The van der Waals surface area contributed by atoms with E-state index in [-0.39, 0.29) is 11.9 Å². The van der Waals surface area contributed by atoms with E-state index in [0.717, 1.165) is 5.56 Å². The number of carboxylic acid groups (broad SMARTS) is 1. The fraction of sp³-hybridized carbons (Fsp3) is 0.364. The van der Waals surface area contributed by atoms with Gasteiger partial charge in [-0.1, -0.05) is 12.1 Å². The number of hydrogen-bond donors (Lipinski definition) is 1. The van der Waals surface area contributed by atoms with Crippen LogP contribution in [0.3, 0.4) is 0 Å². The first kappa shape index (κ1) is 10.1. The lowest BCUT2D eigenvalue weighted by Gasteiger charge is -2.08. The number of rotatable bonds is 4. The van der Waals surface area contributed by atoms with Crippen LogP contribution in [0, 0.1) is 11.7 Å². The van der Waals surface area contributed by atoms with Crippen molar-refractivity contribution in [3.63, 3.8) is 0 Å². The molecular weight excluding hydrogens is 199 g/mol. The van der Waals surface area contributed by atoms with E-state index in [1.807, 2.05) is 0 Å². The molecule has 15 heavy (non-hydrogen) atoms. The molecule has 1 N–H and O–H groups in total. The highest BCUT2D eigenvalue weighted by atomic mass is 19.1. The summed E-state index contributed by atoms with van der Waals surface area (Å²) in [5, 5.41) is 8.95. The number of aliphatic carboxylic acids is 1. The summed E-state index contributed by atoms with van der Waals surface area (Å²) in [6.45, 7) is 0.512. The second kappa shape index (κ2) is 3.98. The Labute approximate surface area is 86.5 Å². The van der Waals surface area contributed by atoms with Gasteiger partial charge in [0.15, 0.2) is 0 Å². The third-order valence-electron chi connectivity index (χ3n) is 2.49. The van der Waals surface area contributed by atoms with Gasteiger partial charge in [-0.15, -0.1) is 0 Å². The molecule has 1 fully saturated rings. The highest BCUT2D eigenvalue weighted by Crippen LogP contribution is 2.24. The van der Waals surface area contributed by atoms with E-state index < -0.39 is 11.9 Å². The normalized spacial score (nSPS) is 21.0. The zero-order valence-electron chi connectivity index (χ0n) is 8.02. The van der Waals surface area contributed by atoms with Crippen LogP contribution in [0.15, 0.2) is 24.3 Å². The molecule has 1 heterocycles. The number of benzene rings is 1. The summed E-state index contributed by atoms with van der Waals surface area (Å²) in [6.07, 6.45) is 0.216. The van der Waals surface area contributed by atoms with Gasteiger partial charge in [0.2, 0.25) is 0 Å². The maximum absolute atomic E-state index is 12.6. The van der Waals surface area contributed by atoms with Crippen molar-refractivity contribution in [3.05, 3.63) is 35.6 Å². The molecule has 0 radical (unpaired) electrons. The lowest BCUT2D eigenvalue weighted by Crippen LogP contribution is -2.22. The molecule has 2 atom stereocenters. The van der Waals surface area contributed by atoms with Gasteiger partial charge in [0.05, 0.1) is 18.6 Å². The quantitative estimate of drug-likeness (QED) is 0.765. The van der Waals surface area contributed by atoms with E-state index in [2.05, 4.69) is 0 Å². The van der Waals surface area contributed by atoms with Gasteiger partial charge in [-0.05, 0) is 24.1 Å². The topological polar surface area (TPSA) is 49.8 Å². The number of halogens is 1. The molecule has 1 aromatic rings. The van der Waals surface area contributed by atoms with Gasteiger partial charge in [-0.2, -0.15) is 0 Å². The lowest BCUT2D eigenvalue weighted by molar-refractivity contribution is -0.142. The molecule has 0 saturated carbocycles. The first-order valence-corrected chi connectivity index (χ1v) is 4.75. The number of carboxylic acids is 1. The smallest absolute Gasteiger partial charge is 0.309 e. The van der Waals surface area contributed by atoms with Crippen LogP contribution in [0.4, 0.5) is 4.39 Å². The monoisotopic (exact) mass is 210 g/mol. The second-order valence-corrected chi connectivity index (χ2v) is 3.65. The van der Waals surface area contributed by atoms with Crippen LogP contribution in [0.1, 0.15) is 5.56 Å². The molecule has 0 bridgehead atoms. The molecule has 3 nitrogen and oxygen atoms in total. The van der Waals surface area contributed by atoms with Crippen LogP contribution in [-0.4, -0.2) is 23.8 Å². The maximum atomic E-state index is 12.6. The van der Waals surface area contributed by atoms with E-state index in [4.69, 9.17) is 9.84 Å². The number of epoxide rings is 1. The number of carbonyl (C=O) groups is 1. The predicted molar refractivity (Wildman–Crippen MR) is 51.0 cm³/mol. The van der Waals surface area contributed by atoms with Gasteiger partial charge in [0, 0.05) is 0 Å². The van der Waals surface area contributed by atoms with E-state index >= 15 is 0 Å². The predicted octanol–water partition coefficient (Wildman–Crippen LogP) is 1.47. The van der Waals surface area contributed by atoms with Crippen molar-refractivity contribution in [2.45, 2.75) is 12.5 Å². The molecule has 0 aliphatic carbocycles. The van der Waals surface area contributed by atoms with Gasteiger partial charge in [-0.25, -0.2) is 4.39 Å². The van der Waals surface area contributed by atoms with Crippen LogP contribution < -0.4 is 0 Å². The van der Waals surface area contributed by atoms with Crippen LogP contribution in [0.2, 0.25) is 0 Å². The Balaban J connectivity index is 2.05. The van der Waals surface area contributed by atoms with Crippen LogP contribution in [0.5, 0.6) is 0 Å². The molecule has 1 saturated heterocycles. The fourth-order valence-electron chi connectivity index (χ4n) is 1.54. The van der Waals surface area contributed by atoms with Crippen molar-refractivity contribution in [1.29, 1.82) is 0 Å². The van der Waals surface area contributed by atoms with Crippen molar-refractivity contribution < 1.29 is 19.0 Å². The van der Waals surface area contributed by atoms with Gasteiger partial charge < -0.3 is 9.84 Å². The standard InChI is InChI=1S/C11H11FO3/c12-8-3-1-7(2-4-8)5-9(11(13)14)10-6-15-10/h1-4,9-10H,5-6H2,(H,13,14)/t9-,10-/m0/s1. The maximum Gasteiger partial charge on any atom is 0.309 e. The summed E-state index contributed by atoms with van der Waals surface area (Å²) in [5.74, 6) is -1.69. The van der Waals surface area contributed by atoms with Crippen LogP contribution >= 0.6 is 0 Å². The zero-order chi connectivity index (χ0) is 10.8. The Morgan fingerprint density at radius 1 is 1.53 bits per heavy atom. The van der Waals surface area contributed by atoms with Crippen molar-refractivity contribution >= 4 is 5.97 Å². The minimum Gasteiger partial charge on any atom is -0.481 e. The van der Waals surface area contributed by atoms with E-state index in [1.54, 1.807) is 12.1 Å². The Hall–Kier alpha value is -1.42. The molecular formula is C11H11FO3. The average Bonchev–Trinajstić information content (AvgIpc) is 3.00. The molecule has 2 rings (SSSR count). The number of ether oxygens (including phenoxy) is 1. The van der Waals surface area contributed by atoms with Crippen molar-refractivity contribution in [2.24, 2.45) is 5.92 Å². The third-order valence-corrected chi connectivity index (χ3v) is 2.49. The van der Waals surface area contributed by atoms with Gasteiger partial charge >= 0.3 is 5.97 Å². The van der Waals surface area contributed by atoms with Gasteiger partial charge in [0.25, 0.3) is 0 Å². The minimum atomic E-state index is -0.859. The fourth-order valence-corrected chi connectivity index (χ4v) is 1.54. The minimum absolute atomic E-state index is 0.174. The van der Waals surface area contributed by atoms with E-state index in [9.17, 15) is 9.18 Å². The highest BCUT2D eigenvalue weighted by Gasteiger charge is 2.37. The molecule has 1 aromatic carbocycles. The molecule has 0 spiro atoms. The summed E-state index contributed by atoms with van der Waals surface area (Å²) in [7, 11) is 0. The van der Waals surface area contributed by atoms with Crippen molar-refractivity contribution in [3.8, 4) is 0 Å². The molecule has 0 unspecified atom stereocenters. The SMILES string of the molecule is O=C(O)[C@@H](Cc1ccc(F)cc1)[C@@H]1CO1. The largest absolute Gasteiger partial charge is 0.481 e. The summed E-state index contributed by atoms with van der Waals surface area (Å²) in [6, 6.07) is 5.88. The molecule has 0 amide bonds. The second-order valence-electron chi connectivity index (χ2n) is 3.65. The van der Waals surface area contributed by atoms with Gasteiger partial charge in [-0.3, -0.25) is 4.79 Å². The summed E-state index contributed by atoms with van der Waals surface area (Å²) in [4.78, 5) is 10.9. The first-order chi connectivity index (χ1) is 7.16. The molecule has 1 aliphatic heterocycles. The van der Waals surface area contributed by atoms with Gasteiger partial charge in [0.1, 0.15) is 5.82 Å². The summed E-state index contributed by atoms with van der Waals surface area (Å²) in [5.41, 5.74) is 0.819. The number of hydrogen-bond acceptors (Lipinski definition) is 2. The Morgan fingerprint density at radius 2 is 2.13 bits per heavy atom. The van der Waals surface area contributed by atoms with Crippen molar-refractivity contribution in [2.75, 3.05) is 6.61 Å². The Bertz CT molecular complexity index is 357. The molecule has 4 heteroatoms.